The molecule has 0 bridgehead atoms. The van der Waals surface area contributed by atoms with Gasteiger partial charge in [0, 0.05) is 0 Å². The van der Waals surface area contributed by atoms with Crippen molar-refractivity contribution in [3.8, 4) is 11.5 Å². The predicted molar refractivity (Wildman–Crippen MR) is 58.6 cm³/mol. The van der Waals surface area contributed by atoms with Gasteiger partial charge in [-0.2, -0.15) is 0 Å². The quantitative estimate of drug-likeness (QED) is 0.433. The summed E-state index contributed by atoms with van der Waals surface area (Å²) < 4.78 is 10.3. The Morgan fingerprint density at radius 2 is 2.19 bits per heavy atom. The fourth-order valence-electron chi connectivity index (χ4n) is 1.16. The van der Waals surface area contributed by atoms with Gasteiger partial charge >= 0.3 is 5.97 Å². The van der Waals surface area contributed by atoms with Crippen molar-refractivity contribution in [2.45, 2.75) is 13.8 Å². The second-order valence-electron chi connectivity index (χ2n) is 2.94. The zero-order chi connectivity index (χ0) is 12.0. The first-order valence-electron chi connectivity index (χ1n) is 4.95. The van der Waals surface area contributed by atoms with Crippen LogP contribution in [0.1, 0.15) is 24.2 Å². The van der Waals surface area contributed by atoms with Gasteiger partial charge in [-0.1, -0.05) is 13.0 Å². The van der Waals surface area contributed by atoms with E-state index in [1.807, 2.05) is 6.92 Å². The summed E-state index contributed by atoms with van der Waals surface area (Å²) in [5.41, 5.74) is 0.293. The zero-order valence-electron chi connectivity index (χ0n) is 9.23. The summed E-state index contributed by atoms with van der Waals surface area (Å²) in [7, 11) is 0. The Bertz CT molecular complexity index is 385. The lowest BCUT2D eigenvalue weighted by atomic mass is 10.2. The minimum Gasteiger partial charge on any atom is -0.490 e. The van der Waals surface area contributed by atoms with Crippen LogP contribution in [-0.4, -0.2) is 18.9 Å². The molecular weight excluding hydrogens is 208 g/mol. The maximum absolute atomic E-state index is 11.2. The molecule has 0 atom stereocenters. The van der Waals surface area contributed by atoms with Crippen molar-refractivity contribution < 1.29 is 19.1 Å². The molecule has 0 amide bonds. The number of hydrogen-bond acceptors (Lipinski definition) is 4. The third kappa shape index (κ3) is 2.82. The second kappa shape index (κ2) is 5.90. The van der Waals surface area contributed by atoms with E-state index in [1.54, 1.807) is 25.1 Å². The SMILES string of the molecule is C[CH]C(=O)Oc1c(C=O)cccc1OCC. The Balaban J connectivity index is 3.08. The number of ether oxygens (including phenoxy) is 2. The van der Waals surface area contributed by atoms with Crippen LogP contribution in [0.2, 0.25) is 0 Å². The molecule has 0 saturated heterocycles. The molecule has 85 valence electrons. The summed E-state index contributed by atoms with van der Waals surface area (Å²) in [5, 5.41) is 0. The molecule has 1 aromatic carbocycles. The van der Waals surface area contributed by atoms with E-state index < -0.39 is 5.97 Å². The van der Waals surface area contributed by atoms with Gasteiger partial charge in [-0.15, -0.1) is 0 Å². The number of rotatable bonds is 5. The molecule has 1 aromatic rings. The summed E-state index contributed by atoms with van der Waals surface area (Å²) in [6, 6.07) is 4.88. The molecule has 0 spiro atoms. The van der Waals surface area contributed by atoms with E-state index in [-0.39, 0.29) is 5.75 Å². The van der Waals surface area contributed by atoms with E-state index in [1.165, 1.54) is 6.42 Å². The summed E-state index contributed by atoms with van der Waals surface area (Å²) >= 11 is 0. The van der Waals surface area contributed by atoms with Gasteiger partial charge in [0.15, 0.2) is 17.8 Å². The Morgan fingerprint density at radius 3 is 2.75 bits per heavy atom. The monoisotopic (exact) mass is 221 g/mol. The molecule has 0 saturated carbocycles. The molecule has 0 aliphatic rings. The van der Waals surface area contributed by atoms with E-state index in [9.17, 15) is 9.59 Å². The van der Waals surface area contributed by atoms with E-state index in [0.717, 1.165) is 0 Å². The lowest BCUT2D eigenvalue weighted by Gasteiger charge is -2.11. The van der Waals surface area contributed by atoms with Gasteiger partial charge in [-0.3, -0.25) is 9.59 Å². The van der Waals surface area contributed by atoms with Crippen LogP contribution in [0, 0.1) is 6.42 Å². The van der Waals surface area contributed by atoms with Crippen molar-refractivity contribution in [3.05, 3.63) is 30.2 Å². The van der Waals surface area contributed by atoms with Crippen molar-refractivity contribution >= 4 is 12.3 Å². The lowest BCUT2D eigenvalue weighted by Crippen LogP contribution is -2.09. The molecule has 0 aromatic heterocycles. The number of carbonyl (C=O) groups excluding carboxylic acids is 2. The van der Waals surface area contributed by atoms with E-state index in [4.69, 9.17) is 9.47 Å². The van der Waals surface area contributed by atoms with Gasteiger partial charge in [0.25, 0.3) is 0 Å². The maximum Gasteiger partial charge on any atom is 0.315 e. The van der Waals surface area contributed by atoms with Crippen LogP contribution < -0.4 is 9.47 Å². The standard InChI is InChI=1S/C12H13O4/c1-3-11(14)16-12-9(8-13)6-5-7-10(12)15-4-2/h3,5-8H,4H2,1-2H3. The number of hydrogen-bond donors (Lipinski definition) is 0. The summed E-state index contributed by atoms with van der Waals surface area (Å²) in [6.45, 7) is 3.81. The molecule has 0 N–H and O–H groups in total. The molecule has 4 heteroatoms. The van der Waals surface area contributed by atoms with Gasteiger partial charge in [-0.25, -0.2) is 0 Å². The Kier molecular flexibility index (Phi) is 4.51. The minimum atomic E-state index is -0.518. The highest BCUT2D eigenvalue weighted by atomic mass is 16.6. The molecule has 0 aliphatic heterocycles. The Hall–Kier alpha value is -1.84. The van der Waals surface area contributed by atoms with Crippen LogP contribution in [0.25, 0.3) is 0 Å². The molecule has 1 radical (unpaired) electrons. The smallest absolute Gasteiger partial charge is 0.315 e. The molecule has 16 heavy (non-hydrogen) atoms. The number of aldehydes is 1. The van der Waals surface area contributed by atoms with Crippen molar-refractivity contribution in [1.29, 1.82) is 0 Å². The van der Waals surface area contributed by atoms with Crippen LogP contribution >= 0.6 is 0 Å². The number of carbonyl (C=O) groups is 2. The van der Waals surface area contributed by atoms with Gasteiger partial charge in [0.1, 0.15) is 0 Å². The topological polar surface area (TPSA) is 52.6 Å². The van der Waals surface area contributed by atoms with Gasteiger partial charge in [0.2, 0.25) is 0 Å². The van der Waals surface area contributed by atoms with E-state index in [0.29, 0.717) is 24.2 Å². The first-order valence-corrected chi connectivity index (χ1v) is 4.95. The third-order valence-electron chi connectivity index (χ3n) is 1.87. The van der Waals surface area contributed by atoms with Crippen molar-refractivity contribution in [1.82, 2.24) is 0 Å². The van der Waals surface area contributed by atoms with Crippen molar-refractivity contribution in [2.75, 3.05) is 6.61 Å². The predicted octanol–water partition coefficient (Wildman–Crippen LogP) is 2.03. The van der Waals surface area contributed by atoms with Crippen molar-refractivity contribution in [2.24, 2.45) is 0 Å². The Labute approximate surface area is 94.2 Å². The first kappa shape index (κ1) is 12.2. The van der Waals surface area contributed by atoms with Crippen LogP contribution in [-0.2, 0) is 4.79 Å². The molecule has 0 fully saturated rings. The highest BCUT2D eigenvalue weighted by Crippen LogP contribution is 2.30. The zero-order valence-corrected chi connectivity index (χ0v) is 9.23. The number of para-hydroxylation sites is 1. The molecule has 0 unspecified atom stereocenters. The summed E-state index contributed by atoms with van der Waals surface area (Å²) in [5.74, 6) is 0.0417. The summed E-state index contributed by atoms with van der Waals surface area (Å²) in [4.78, 5) is 22.0. The third-order valence-corrected chi connectivity index (χ3v) is 1.87. The highest BCUT2D eigenvalue weighted by Gasteiger charge is 2.13. The highest BCUT2D eigenvalue weighted by molar-refractivity contribution is 5.86. The van der Waals surface area contributed by atoms with E-state index >= 15 is 0 Å². The first-order chi connectivity index (χ1) is 7.72. The molecule has 0 aliphatic carbocycles. The van der Waals surface area contributed by atoms with E-state index in [2.05, 4.69) is 0 Å². The van der Waals surface area contributed by atoms with Gasteiger partial charge in [-0.05, 0) is 19.1 Å². The largest absolute Gasteiger partial charge is 0.490 e. The molecule has 1 rings (SSSR count). The van der Waals surface area contributed by atoms with Crippen LogP contribution in [0.5, 0.6) is 11.5 Å². The fourth-order valence-corrected chi connectivity index (χ4v) is 1.16. The van der Waals surface area contributed by atoms with Crippen LogP contribution in [0.15, 0.2) is 18.2 Å². The maximum atomic E-state index is 11.2. The summed E-state index contributed by atoms with van der Waals surface area (Å²) in [6.07, 6.45) is 1.90. The molecule has 0 heterocycles. The normalized spacial score (nSPS) is 9.62. The average molecular weight is 221 g/mol. The lowest BCUT2D eigenvalue weighted by molar-refractivity contribution is -0.130. The second-order valence-corrected chi connectivity index (χ2v) is 2.94. The van der Waals surface area contributed by atoms with Crippen LogP contribution in [0.4, 0.5) is 0 Å². The molecular formula is C12H13O4. The minimum absolute atomic E-state index is 0.169. The van der Waals surface area contributed by atoms with Crippen LogP contribution in [0.3, 0.4) is 0 Å². The van der Waals surface area contributed by atoms with Gasteiger partial charge < -0.3 is 9.47 Å². The molecule has 4 nitrogen and oxygen atoms in total. The Morgan fingerprint density at radius 1 is 1.44 bits per heavy atom. The van der Waals surface area contributed by atoms with Crippen molar-refractivity contribution in [3.63, 3.8) is 0 Å². The van der Waals surface area contributed by atoms with Gasteiger partial charge in [0.05, 0.1) is 18.6 Å². The number of esters is 1. The number of benzene rings is 1. The fraction of sp³-hybridized carbons (Fsp3) is 0.250. The average Bonchev–Trinajstić information content (AvgIpc) is 2.31.